The van der Waals surface area contributed by atoms with Gasteiger partial charge in [0.05, 0.1) is 0 Å². The Balaban J connectivity index is 2.35. The molecule has 19 nitrogen and oxygen atoms in total. The van der Waals surface area contributed by atoms with Crippen LogP contribution in [0.1, 0.15) is 93.7 Å². The highest BCUT2D eigenvalue weighted by Crippen LogP contribution is 2.29. The number of anilines is 1. The number of rotatable bonds is 25. The van der Waals surface area contributed by atoms with Gasteiger partial charge in [0.25, 0.3) is 5.56 Å². The summed E-state index contributed by atoms with van der Waals surface area (Å²) in [5.74, 6) is -1.18. The van der Waals surface area contributed by atoms with Gasteiger partial charge in [-0.25, -0.2) is 33.8 Å². The molecular formula is C41H67N7O12. The number of ether oxygens (including phenoxy) is 5. The highest BCUT2D eigenvalue weighted by Gasteiger charge is 2.28. The zero-order valence-corrected chi connectivity index (χ0v) is 36.9. The molecule has 0 spiro atoms. The van der Waals surface area contributed by atoms with E-state index in [4.69, 9.17) is 23.7 Å². The first-order valence-corrected chi connectivity index (χ1v) is 20.0. The normalized spacial score (nSPS) is 13.8. The molecule has 1 rings (SSSR count). The van der Waals surface area contributed by atoms with Crippen molar-refractivity contribution in [3.05, 3.63) is 46.9 Å². The standard InChI is InChI=1S/C41H67N7O12/c1-13-33(50)59-30(8)31(24-56-34(51)25(2)3)60-38(54)43-17-15-41(11,12)20-27(5)22-45-39(55)58-29(7)23-57-37(53)42-16-14-40(9,10)19-26(4)21-44-36(52)48-35-46-28(6)18-32(49)47-35/h13,18,26-27,29-31H,1-2,14-17,19-24H2,3-12H3,(H,42,53)(H,43,54)(H,45,55)(H3,44,46,47,48,49,52). The van der Waals surface area contributed by atoms with Crippen LogP contribution in [0.25, 0.3) is 0 Å². The third kappa shape index (κ3) is 23.7. The molecule has 0 saturated heterocycles. The lowest BCUT2D eigenvalue weighted by Gasteiger charge is -2.29. The number of hydrogen-bond donors (Lipinski definition) is 6. The number of urea groups is 1. The van der Waals surface area contributed by atoms with Crippen LogP contribution < -0.4 is 32.1 Å². The minimum absolute atomic E-state index is 0.0436. The third-order valence-corrected chi connectivity index (χ3v) is 8.99. The minimum atomic E-state index is -1.08. The summed E-state index contributed by atoms with van der Waals surface area (Å²) in [5.41, 5.74) is -0.130. The Kier molecular flexibility index (Phi) is 22.5. The number of H-pyrrole nitrogens is 1. The first-order valence-electron chi connectivity index (χ1n) is 20.0. The van der Waals surface area contributed by atoms with Gasteiger partial charge in [0.1, 0.15) is 25.4 Å². The molecule has 5 unspecified atom stereocenters. The third-order valence-electron chi connectivity index (χ3n) is 8.99. The summed E-state index contributed by atoms with van der Waals surface area (Å²) in [5, 5.41) is 13.4. The minimum Gasteiger partial charge on any atom is -0.458 e. The summed E-state index contributed by atoms with van der Waals surface area (Å²) in [6, 6.07) is 0.845. The molecule has 0 aliphatic heterocycles. The summed E-state index contributed by atoms with van der Waals surface area (Å²) in [4.78, 5) is 91.2. The molecule has 6 N–H and O–H groups in total. The second-order valence-corrected chi connectivity index (χ2v) is 16.7. The lowest BCUT2D eigenvalue weighted by Crippen LogP contribution is -2.40. The second kappa shape index (κ2) is 25.8. The Morgan fingerprint density at radius 3 is 1.90 bits per heavy atom. The number of esters is 2. The fourth-order valence-corrected chi connectivity index (χ4v) is 6.09. The molecular weight excluding hydrogens is 782 g/mol. The van der Waals surface area contributed by atoms with Crippen molar-refractivity contribution < 1.29 is 52.5 Å². The van der Waals surface area contributed by atoms with E-state index in [1.807, 2.05) is 27.7 Å². The SMILES string of the molecule is C=CC(=O)OC(C)C(COC(=O)C(=C)C)OC(=O)NCCC(C)(C)CC(C)CNC(=O)OC(C)COC(=O)NCCC(C)(C)CC(C)CNC(=O)Nc1nc(C)cc(=O)[nH]1. The van der Waals surface area contributed by atoms with Gasteiger partial charge in [-0.1, -0.05) is 54.7 Å². The van der Waals surface area contributed by atoms with Crippen molar-refractivity contribution in [3.63, 3.8) is 0 Å². The van der Waals surface area contributed by atoms with Crippen LogP contribution in [0.4, 0.5) is 25.1 Å². The van der Waals surface area contributed by atoms with Crippen LogP contribution >= 0.6 is 0 Å². The summed E-state index contributed by atoms with van der Waals surface area (Å²) >= 11 is 0. The quantitative estimate of drug-likeness (QED) is 0.0418. The molecule has 0 aliphatic rings. The predicted molar refractivity (Wildman–Crippen MR) is 224 cm³/mol. The molecule has 1 heterocycles. The molecule has 0 aliphatic carbocycles. The molecule has 60 heavy (non-hydrogen) atoms. The van der Waals surface area contributed by atoms with E-state index in [-0.39, 0.29) is 59.5 Å². The van der Waals surface area contributed by atoms with Crippen LogP contribution in [0.5, 0.6) is 0 Å². The number of carbonyl (C=O) groups excluding carboxylic acids is 6. The van der Waals surface area contributed by atoms with Gasteiger partial charge < -0.3 is 45.0 Å². The molecule has 5 atom stereocenters. The van der Waals surface area contributed by atoms with Gasteiger partial charge >= 0.3 is 36.2 Å². The largest absolute Gasteiger partial charge is 0.458 e. The number of nitrogens with one attached hydrogen (secondary N) is 6. The molecule has 5 amide bonds. The van der Waals surface area contributed by atoms with Crippen LogP contribution in [0, 0.1) is 29.6 Å². The number of amides is 5. The zero-order chi connectivity index (χ0) is 45.6. The van der Waals surface area contributed by atoms with E-state index in [0.29, 0.717) is 44.6 Å². The Hall–Kier alpha value is -5.62. The molecule has 338 valence electrons. The maximum absolute atomic E-state index is 12.6. The summed E-state index contributed by atoms with van der Waals surface area (Å²) in [6.45, 7) is 26.1. The Morgan fingerprint density at radius 2 is 1.35 bits per heavy atom. The molecule has 0 saturated carbocycles. The first-order chi connectivity index (χ1) is 27.9. The lowest BCUT2D eigenvalue weighted by molar-refractivity contribution is -0.153. The van der Waals surface area contributed by atoms with Crippen LogP contribution in [-0.4, -0.2) is 104 Å². The van der Waals surface area contributed by atoms with Crippen LogP contribution in [-0.2, 0) is 33.3 Å². The van der Waals surface area contributed by atoms with Gasteiger partial charge in [-0.2, -0.15) is 0 Å². The van der Waals surface area contributed by atoms with Gasteiger partial charge in [0, 0.05) is 49.6 Å². The van der Waals surface area contributed by atoms with Crippen molar-refractivity contribution in [3.8, 4) is 0 Å². The topological polar surface area (TPSA) is 254 Å². The van der Waals surface area contributed by atoms with Crippen molar-refractivity contribution in [2.45, 2.75) is 113 Å². The number of hydrogen-bond acceptors (Lipinski definition) is 13. The van der Waals surface area contributed by atoms with Gasteiger partial charge in [-0.3, -0.25) is 15.1 Å². The highest BCUT2D eigenvalue weighted by atomic mass is 16.6. The van der Waals surface area contributed by atoms with Gasteiger partial charge in [-0.05, 0) is 76.0 Å². The number of aryl methyl sites for hydroxylation is 1. The van der Waals surface area contributed by atoms with E-state index in [0.717, 1.165) is 12.5 Å². The predicted octanol–water partition coefficient (Wildman–Crippen LogP) is 5.26. The average Bonchev–Trinajstić information content (AvgIpc) is 3.12. The molecule has 0 aromatic carbocycles. The fraction of sp³-hybridized carbons (Fsp3) is 0.659. The Bertz CT molecular complexity index is 1680. The molecule has 19 heteroatoms. The summed E-state index contributed by atoms with van der Waals surface area (Å²) in [6.07, 6.45) is -1.16. The maximum Gasteiger partial charge on any atom is 0.407 e. The number of alkyl carbamates (subject to hydrolysis) is 3. The number of aromatic nitrogens is 2. The van der Waals surface area contributed by atoms with Crippen molar-refractivity contribution in [1.82, 2.24) is 31.2 Å². The Labute approximate surface area is 352 Å². The fourth-order valence-electron chi connectivity index (χ4n) is 6.09. The van der Waals surface area contributed by atoms with Crippen molar-refractivity contribution in [2.75, 3.05) is 44.7 Å². The molecule has 1 aromatic rings. The monoisotopic (exact) mass is 849 g/mol. The first kappa shape index (κ1) is 52.4. The number of nitrogens with zero attached hydrogens (tertiary/aromatic N) is 1. The molecule has 0 radical (unpaired) electrons. The van der Waals surface area contributed by atoms with E-state index in [1.165, 1.54) is 19.9 Å². The van der Waals surface area contributed by atoms with E-state index in [1.54, 1.807) is 13.8 Å². The smallest absolute Gasteiger partial charge is 0.407 e. The maximum atomic E-state index is 12.6. The van der Waals surface area contributed by atoms with E-state index in [9.17, 15) is 33.6 Å². The van der Waals surface area contributed by atoms with Gasteiger partial charge in [0.15, 0.2) is 6.10 Å². The number of aromatic amines is 1. The second-order valence-electron chi connectivity index (χ2n) is 16.7. The number of carbonyl (C=O) groups is 6. The van der Waals surface area contributed by atoms with Crippen molar-refractivity contribution in [2.24, 2.45) is 22.7 Å². The van der Waals surface area contributed by atoms with Crippen molar-refractivity contribution in [1.29, 1.82) is 0 Å². The van der Waals surface area contributed by atoms with E-state index >= 15 is 0 Å². The van der Waals surface area contributed by atoms with Gasteiger partial charge in [0.2, 0.25) is 5.95 Å². The highest BCUT2D eigenvalue weighted by molar-refractivity contribution is 5.87. The molecule has 0 fully saturated rings. The summed E-state index contributed by atoms with van der Waals surface area (Å²) in [7, 11) is 0. The van der Waals surface area contributed by atoms with Crippen LogP contribution in [0.15, 0.2) is 35.7 Å². The molecule has 0 bridgehead atoms. The van der Waals surface area contributed by atoms with Crippen LogP contribution in [0.3, 0.4) is 0 Å². The van der Waals surface area contributed by atoms with Crippen molar-refractivity contribution >= 4 is 42.2 Å². The molecule has 1 aromatic heterocycles. The zero-order valence-electron chi connectivity index (χ0n) is 36.9. The summed E-state index contributed by atoms with van der Waals surface area (Å²) < 4.78 is 26.2. The van der Waals surface area contributed by atoms with E-state index in [2.05, 4.69) is 63.6 Å². The van der Waals surface area contributed by atoms with E-state index < -0.39 is 54.6 Å². The lowest BCUT2D eigenvalue weighted by atomic mass is 9.80. The Morgan fingerprint density at radius 1 is 0.800 bits per heavy atom. The average molecular weight is 850 g/mol. The van der Waals surface area contributed by atoms with Gasteiger partial charge in [-0.15, -0.1) is 0 Å². The van der Waals surface area contributed by atoms with Crippen LogP contribution in [0.2, 0.25) is 0 Å².